The van der Waals surface area contributed by atoms with Crippen LogP contribution in [-0.4, -0.2) is 43.0 Å². The fourth-order valence-electron chi connectivity index (χ4n) is 1.12. The van der Waals surface area contributed by atoms with Crippen molar-refractivity contribution in [2.75, 3.05) is 0 Å². The first kappa shape index (κ1) is 20.4. The number of fused-ring (bicyclic) bond motifs is 1. The fourth-order valence-corrected chi connectivity index (χ4v) is 1.12. The van der Waals surface area contributed by atoms with Gasteiger partial charge in [0.25, 0.3) is 0 Å². The van der Waals surface area contributed by atoms with Gasteiger partial charge in [0.05, 0.1) is 1.37 Å². The molecule has 0 aliphatic heterocycles. The SMILES string of the molecule is CC.[2H]c1cnc2cnc([N+]#[C-])nc2n1.[Br-].[Mg+2].[c-]1ccccc1. The normalized spacial score (nSPS) is 8.32. The van der Waals surface area contributed by atoms with Crippen LogP contribution in [0.2, 0.25) is 0 Å². The quantitative estimate of drug-likeness (QED) is 0.417. The molecule has 5 nitrogen and oxygen atoms in total. The summed E-state index contributed by atoms with van der Waals surface area (Å²) in [6, 6.07) is 12.5. The second-order valence-corrected chi connectivity index (χ2v) is 3.07. The molecule has 0 unspecified atom stereocenters. The first-order valence-corrected chi connectivity index (χ1v) is 6.04. The first-order chi connectivity index (χ1) is 10.3. The molecule has 7 heteroatoms. The average molecular weight is 370 g/mol. The Balaban J connectivity index is 0. The van der Waals surface area contributed by atoms with Gasteiger partial charge < -0.3 is 21.8 Å². The maximum absolute atomic E-state index is 7.19. The third kappa shape index (κ3) is 7.98. The Kier molecular flexibility index (Phi) is 13.3. The van der Waals surface area contributed by atoms with Gasteiger partial charge in [-0.1, -0.05) is 13.8 Å². The van der Waals surface area contributed by atoms with Gasteiger partial charge in [-0.3, -0.25) is 0 Å². The zero-order valence-electron chi connectivity index (χ0n) is 13.4. The predicted molar refractivity (Wildman–Crippen MR) is 83.8 cm³/mol. The van der Waals surface area contributed by atoms with Crippen LogP contribution in [0.5, 0.6) is 0 Å². The van der Waals surface area contributed by atoms with Gasteiger partial charge in [-0.2, -0.15) is 41.4 Å². The minimum atomic E-state index is 0. The van der Waals surface area contributed by atoms with Gasteiger partial charge in [0.15, 0.2) is 5.52 Å². The number of nitrogens with zero attached hydrogens (tertiary/aromatic N) is 5. The summed E-state index contributed by atoms with van der Waals surface area (Å²) in [5.41, 5.74) is 0.775. The Bertz CT molecular complexity index is 695. The molecule has 2 aromatic heterocycles. The Morgan fingerprint density at radius 2 is 1.82 bits per heavy atom. The molecule has 0 fully saturated rings. The molecule has 0 amide bonds. The van der Waals surface area contributed by atoms with E-state index < -0.39 is 0 Å². The van der Waals surface area contributed by atoms with Crippen molar-refractivity contribution in [3.05, 3.63) is 66.4 Å². The van der Waals surface area contributed by atoms with Gasteiger partial charge in [-0.25, -0.2) is 9.97 Å². The minimum absolute atomic E-state index is 0. The second kappa shape index (κ2) is 14.3. The summed E-state index contributed by atoms with van der Waals surface area (Å²) >= 11 is 0. The van der Waals surface area contributed by atoms with Crippen LogP contribution in [0, 0.1) is 12.6 Å². The molecule has 3 rings (SSSR count). The zero-order chi connectivity index (χ0) is 15.5. The molecular formula is C15H14BrMgN5. The molecule has 0 N–H and O–H groups in total. The number of aromatic nitrogens is 4. The average Bonchev–Trinajstić information content (AvgIpc) is 2.58. The van der Waals surface area contributed by atoms with E-state index in [0.29, 0.717) is 5.52 Å². The van der Waals surface area contributed by atoms with Crippen molar-refractivity contribution < 1.29 is 18.4 Å². The summed E-state index contributed by atoms with van der Waals surface area (Å²) in [6.45, 7) is 10.7. The smallest absolute Gasteiger partial charge is 1.00 e. The molecule has 0 aliphatic rings. The zero-order valence-corrected chi connectivity index (χ0v) is 15.4. The van der Waals surface area contributed by atoms with E-state index in [4.69, 9.17) is 7.94 Å². The molecule has 2 heterocycles. The Morgan fingerprint density at radius 3 is 2.32 bits per heavy atom. The standard InChI is InChI=1S/C7H3N5.C6H5.C2H6.BrH.Mg/c1-8-7-11-4-5-6(12-7)10-3-2-9-5;1-2-4-6-5-3-1;1-2;;/h2-4H;1-5H;1-2H3;1H;/q;-1;;;+2/p-1/i3D;;;;. The molecule has 0 atom stereocenters. The number of rotatable bonds is 0. The topological polar surface area (TPSA) is 55.9 Å². The van der Waals surface area contributed by atoms with Crippen LogP contribution >= 0.6 is 0 Å². The van der Waals surface area contributed by atoms with Crippen molar-refractivity contribution in [3.8, 4) is 0 Å². The molecule has 0 spiro atoms. The van der Waals surface area contributed by atoms with Crippen molar-refractivity contribution in [1.29, 1.82) is 0 Å². The third-order valence-corrected chi connectivity index (χ3v) is 1.88. The molecule has 3 aromatic rings. The van der Waals surface area contributed by atoms with E-state index in [1.54, 1.807) is 0 Å². The van der Waals surface area contributed by atoms with Crippen LogP contribution in [-0.2, 0) is 0 Å². The van der Waals surface area contributed by atoms with Crippen molar-refractivity contribution in [2.24, 2.45) is 0 Å². The van der Waals surface area contributed by atoms with Crippen LogP contribution in [0.1, 0.15) is 15.2 Å². The summed E-state index contributed by atoms with van der Waals surface area (Å²) in [5.74, 6) is 0.0207. The molecule has 108 valence electrons. The number of hydrogen-bond donors (Lipinski definition) is 0. The number of halogens is 1. The van der Waals surface area contributed by atoms with Crippen LogP contribution in [0.4, 0.5) is 5.95 Å². The molecule has 1 aromatic carbocycles. The Hall–Kier alpha value is -1.62. The van der Waals surface area contributed by atoms with Crippen LogP contribution < -0.4 is 17.0 Å². The summed E-state index contributed by atoms with van der Waals surface area (Å²) in [6.07, 6.45) is 2.76. The van der Waals surface area contributed by atoms with Crippen molar-refractivity contribution in [3.63, 3.8) is 0 Å². The maximum atomic E-state index is 7.19. The van der Waals surface area contributed by atoms with Gasteiger partial charge in [-0.05, 0) is 0 Å². The molecule has 0 saturated heterocycles. The van der Waals surface area contributed by atoms with E-state index in [0.717, 1.165) is 0 Å². The molecule has 0 aliphatic carbocycles. The molecule has 22 heavy (non-hydrogen) atoms. The number of hydrogen-bond acceptors (Lipinski definition) is 4. The molecule has 0 radical (unpaired) electrons. The Morgan fingerprint density at radius 1 is 1.14 bits per heavy atom. The van der Waals surface area contributed by atoms with E-state index in [-0.39, 0.29) is 57.8 Å². The largest absolute Gasteiger partial charge is 2.00 e. The number of benzene rings is 1. The van der Waals surface area contributed by atoms with Crippen LogP contribution in [0.3, 0.4) is 0 Å². The summed E-state index contributed by atoms with van der Waals surface area (Å²) in [5, 5.41) is 0. The van der Waals surface area contributed by atoms with Crippen molar-refractivity contribution >= 4 is 40.2 Å². The minimum Gasteiger partial charge on any atom is -1.00 e. The third-order valence-electron chi connectivity index (χ3n) is 1.88. The van der Waals surface area contributed by atoms with Gasteiger partial charge in [0, 0.05) is 12.4 Å². The van der Waals surface area contributed by atoms with Crippen LogP contribution in [0.15, 0.2) is 48.9 Å². The molecular weight excluding hydrogens is 354 g/mol. The Labute approximate surface area is 158 Å². The van der Waals surface area contributed by atoms with Crippen molar-refractivity contribution in [2.45, 2.75) is 13.8 Å². The van der Waals surface area contributed by atoms with Gasteiger partial charge in [0.1, 0.15) is 6.20 Å². The molecule has 0 bridgehead atoms. The second-order valence-electron chi connectivity index (χ2n) is 3.07. The molecule has 0 saturated carbocycles. The van der Waals surface area contributed by atoms with E-state index >= 15 is 0 Å². The van der Waals surface area contributed by atoms with Gasteiger partial charge in [-0.15, -0.1) is 11.6 Å². The maximum Gasteiger partial charge on any atom is 2.00 e. The monoisotopic (exact) mass is 368 g/mol. The fraction of sp³-hybridized carbons (Fsp3) is 0.133. The van der Waals surface area contributed by atoms with Crippen molar-refractivity contribution in [1.82, 2.24) is 19.9 Å². The summed E-state index contributed by atoms with van der Waals surface area (Å²) < 4.78 is 7.19. The first-order valence-electron chi connectivity index (χ1n) is 6.54. The summed E-state index contributed by atoms with van der Waals surface area (Å²) in [7, 11) is 0. The van der Waals surface area contributed by atoms with Gasteiger partial charge in [0.2, 0.25) is 5.65 Å². The van der Waals surface area contributed by atoms with Crippen LogP contribution in [0.25, 0.3) is 16.0 Å². The van der Waals surface area contributed by atoms with Gasteiger partial charge >= 0.3 is 29.0 Å². The van der Waals surface area contributed by atoms with E-state index in [1.807, 2.05) is 44.2 Å². The van der Waals surface area contributed by atoms with E-state index in [1.165, 1.54) is 12.4 Å². The predicted octanol–water partition coefficient (Wildman–Crippen LogP) is 0.107. The van der Waals surface area contributed by atoms with E-state index in [2.05, 4.69) is 30.8 Å². The summed E-state index contributed by atoms with van der Waals surface area (Å²) in [4.78, 5) is 18.2. The van der Waals surface area contributed by atoms with E-state index in [9.17, 15) is 0 Å².